The summed E-state index contributed by atoms with van der Waals surface area (Å²) < 4.78 is 42.0. The van der Waals surface area contributed by atoms with E-state index < -0.39 is 41.6 Å². The third-order valence-corrected chi connectivity index (χ3v) is 6.18. The Hall–Kier alpha value is -2.88. The molecule has 0 saturated heterocycles. The third-order valence-electron chi connectivity index (χ3n) is 6.18. The van der Waals surface area contributed by atoms with Crippen molar-refractivity contribution < 1.29 is 22.8 Å². The topological polar surface area (TPSA) is 79.3 Å². The van der Waals surface area contributed by atoms with Gasteiger partial charge in [0.2, 0.25) is 5.91 Å². The smallest absolute Gasteiger partial charge is 0.272 e. The average molecular weight is 480 g/mol. The fourth-order valence-electron chi connectivity index (χ4n) is 4.00. The molecule has 3 rings (SSSR count). The molecule has 0 aliphatic carbocycles. The van der Waals surface area contributed by atoms with Gasteiger partial charge in [0.15, 0.2) is 17.3 Å². The second kappa shape index (κ2) is 10.2. The van der Waals surface area contributed by atoms with Crippen LogP contribution in [0.25, 0.3) is 11.4 Å². The molecule has 34 heavy (non-hydrogen) atoms. The van der Waals surface area contributed by atoms with E-state index in [-0.39, 0.29) is 18.3 Å². The quantitative estimate of drug-likeness (QED) is 0.667. The van der Waals surface area contributed by atoms with Crippen molar-refractivity contribution in [3.8, 4) is 11.4 Å². The molecule has 2 amide bonds. The van der Waals surface area contributed by atoms with Gasteiger partial charge in [-0.05, 0) is 44.0 Å². The van der Waals surface area contributed by atoms with E-state index in [1.165, 1.54) is 6.07 Å². The highest BCUT2D eigenvalue weighted by molar-refractivity contribution is 5.98. The van der Waals surface area contributed by atoms with E-state index in [4.69, 9.17) is 0 Å². The van der Waals surface area contributed by atoms with Crippen LogP contribution in [0, 0.1) is 17.0 Å². The average Bonchev–Trinajstić information content (AvgIpc) is 3.05. The Morgan fingerprint density at radius 3 is 2.56 bits per heavy atom. The molecule has 2 atom stereocenters. The van der Waals surface area contributed by atoms with Crippen LogP contribution in [-0.2, 0) is 17.9 Å². The number of carbonyl (C=O) groups excluding carboxylic acids is 2. The first kappa shape index (κ1) is 25.7. The van der Waals surface area contributed by atoms with Crippen molar-refractivity contribution in [3.63, 3.8) is 0 Å². The molecular formula is C24H32F3N5O2. The molecule has 0 fully saturated rings. The number of hydrogen-bond donors (Lipinski definition) is 2. The summed E-state index contributed by atoms with van der Waals surface area (Å²) in [5.74, 6) is -2.66. The molecule has 2 aromatic rings. The highest BCUT2D eigenvalue weighted by Gasteiger charge is 2.35. The van der Waals surface area contributed by atoms with Crippen molar-refractivity contribution in [2.45, 2.75) is 59.3 Å². The van der Waals surface area contributed by atoms with Crippen molar-refractivity contribution in [1.82, 2.24) is 25.1 Å². The van der Waals surface area contributed by atoms with Gasteiger partial charge < -0.3 is 15.2 Å². The van der Waals surface area contributed by atoms with Gasteiger partial charge in [-0.1, -0.05) is 20.8 Å². The number of nitrogens with zero attached hydrogens (tertiary/aromatic N) is 3. The fraction of sp³-hybridized carbons (Fsp3) is 0.542. The van der Waals surface area contributed by atoms with Crippen LogP contribution in [0.2, 0.25) is 0 Å². The van der Waals surface area contributed by atoms with Crippen LogP contribution in [0.15, 0.2) is 18.2 Å². The summed E-state index contributed by atoms with van der Waals surface area (Å²) in [4.78, 5) is 32.7. The first-order valence-electron chi connectivity index (χ1n) is 11.3. The van der Waals surface area contributed by atoms with Crippen LogP contribution >= 0.6 is 0 Å². The number of amides is 2. The van der Waals surface area contributed by atoms with E-state index in [0.717, 1.165) is 18.6 Å². The van der Waals surface area contributed by atoms with Crippen molar-refractivity contribution in [2.75, 3.05) is 20.3 Å². The normalized spacial score (nSPS) is 17.6. The van der Waals surface area contributed by atoms with Gasteiger partial charge in [0.1, 0.15) is 18.5 Å². The highest BCUT2D eigenvalue weighted by Crippen LogP contribution is 2.29. The fourth-order valence-corrected chi connectivity index (χ4v) is 4.00. The number of fused-ring (bicyclic) bond motifs is 1. The summed E-state index contributed by atoms with van der Waals surface area (Å²) in [5.41, 5.74) is 0.444. The summed E-state index contributed by atoms with van der Waals surface area (Å²) in [6.45, 7) is 7.54. The minimum absolute atomic E-state index is 0.119. The predicted molar refractivity (Wildman–Crippen MR) is 123 cm³/mol. The molecule has 0 spiro atoms. The molecule has 0 radical (unpaired) electrons. The van der Waals surface area contributed by atoms with Crippen molar-refractivity contribution in [1.29, 1.82) is 0 Å². The Labute approximate surface area is 197 Å². The summed E-state index contributed by atoms with van der Waals surface area (Å²) in [6.07, 6.45) is 0.772. The molecule has 7 nitrogen and oxygen atoms in total. The van der Waals surface area contributed by atoms with E-state index in [1.807, 2.05) is 11.6 Å². The van der Waals surface area contributed by atoms with E-state index >= 15 is 0 Å². The van der Waals surface area contributed by atoms with Gasteiger partial charge in [0, 0.05) is 31.2 Å². The maximum Gasteiger partial charge on any atom is 0.272 e. The summed E-state index contributed by atoms with van der Waals surface area (Å²) in [6, 6.07) is 2.81. The Bertz CT molecular complexity index is 1060. The molecule has 186 valence electrons. The molecule has 1 aliphatic rings. The Balaban J connectivity index is 2.04. The van der Waals surface area contributed by atoms with Crippen LogP contribution in [0.3, 0.4) is 0 Å². The number of rotatable bonds is 6. The standard InChI is InChI=1S/C24H32F3N5O2/c1-14-8-11-32-18(13-31(14)5)19(29-21(32)15-6-7-16(26)17(27)12-15)22(33)30-20(24(2,3)4)23(34)28-10-9-25/h6-7,12,14,20H,8-11,13H2,1-5H3,(H,28,34)(H,30,33)/t14?,20-/m1/s1. The summed E-state index contributed by atoms with van der Waals surface area (Å²) >= 11 is 0. The van der Waals surface area contributed by atoms with Gasteiger partial charge >= 0.3 is 0 Å². The Morgan fingerprint density at radius 2 is 1.94 bits per heavy atom. The number of hydrogen-bond acceptors (Lipinski definition) is 4. The van der Waals surface area contributed by atoms with Gasteiger partial charge in [-0.25, -0.2) is 18.2 Å². The molecule has 1 aliphatic heterocycles. The number of imidazole rings is 1. The van der Waals surface area contributed by atoms with Crippen molar-refractivity contribution >= 4 is 11.8 Å². The molecule has 0 saturated carbocycles. The highest BCUT2D eigenvalue weighted by atomic mass is 19.2. The van der Waals surface area contributed by atoms with Gasteiger partial charge in [0.05, 0.1) is 5.69 Å². The summed E-state index contributed by atoms with van der Waals surface area (Å²) in [5, 5.41) is 5.25. The number of carbonyl (C=O) groups is 2. The second-order valence-electron chi connectivity index (χ2n) is 9.82. The van der Waals surface area contributed by atoms with E-state index in [9.17, 15) is 22.8 Å². The lowest BCUT2D eigenvalue weighted by Crippen LogP contribution is -2.54. The van der Waals surface area contributed by atoms with E-state index in [1.54, 1.807) is 20.8 Å². The number of aromatic nitrogens is 2. The van der Waals surface area contributed by atoms with Crippen molar-refractivity contribution in [3.05, 3.63) is 41.2 Å². The summed E-state index contributed by atoms with van der Waals surface area (Å²) in [7, 11) is 1.94. The maximum absolute atomic E-state index is 14.0. The zero-order chi connectivity index (χ0) is 25.2. The van der Waals surface area contributed by atoms with Gasteiger partial charge in [0.25, 0.3) is 5.91 Å². The molecule has 1 unspecified atom stereocenters. The zero-order valence-electron chi connectivity index (χ0n) is 20.2. The first-order valence-corrected chi connectivity index (χ1v) is 11.3. The van der Waals surface area contributed by atoms with Crippen LogP contribution in [0.4, 0.5) is 13.2 Å². The minimum atomic E-state index is -1.00. The SMILES string of the molecule is CC1CCn2c(-c3ccc(F)c(F)c3)nc(C(=O)N[C@H](C(=O)NCCF)C(C)(C)C)c2CN1C. The maximum atomic E-state index is 14.0. The zero-order valence-corrected chi connectivity index (χ0v) is 20.2. The van der Waals surface area contributed by atoms with E-state index in [0.29, 0.717) is 30.2 Å². The number of nitrogens with one attached hydrogen (secondary N) is 2. The van der Waals surface area contributed by atoms with Crippen LogP contribution < -0.4 is 10.6 Å². The molecule has 1 aromatic carbocycles. The molecule has 10 heteroatoms. The minimum Gasteiger partial charge on any atom is -0.352 e. The van der Waals surface area contributed by atoms with Crippen LogP contribution in [-0.4, -0.2) is 58.6 Å². The van der Waals surface area contributed by atoms with Crippen molar-refractivity contribution in [2.24, 2.45) is 5.41 Å². The molecule has 0 bridgehead atoms. The molecule has 2 heterocycles. The third kappa shape index (κ3) is 5.43. The predicted octanol–water partition coefficient (Wildman–Crippen LogP) is 3.28. The van der Waals surface area contributed by atoms with Crippen LogP contribution in [0.5, 0.6) is 0 Å². The second-order valence-corrected chi connectivity index (χ2v) is 9.82. The van der Waals surface area contributed by atoms with Gasteiger partial charge in [-0.2, -0.15) is 0 Å². The Kier molecular flexibility index (Phi) is 7.70. The monoisotopic (exact) mass is 479 g/mol. The lowest BCUT2D eigenvalue weighted by atomic mass is 9.86. The van der Waals surface area contributed by atoms with Gasteiger partial charge in [-0.15, -0.1) is 0 Å². The van der Waals surface area contributed by atoms with Crippen LogP contribution in [0.1, 0.15) is 50.3 Å². The molecular weight excluding hydrogens is 447 g/mol. The first-order chi connectivity index (χ1) is 15.9. The Morgan fingerprint density at radius 1 is 1.24 bits per heavy atom. The molecule has 1 aromatic heterocycles. The molecule has 2 N–H and O–H groups in total. The number of halogens is 3. The number of benzene rings is 1. The van der Waals surface area contributed by atoms with Gasteiger partial charge in [-0.3, -0.25) is 14.5 Å². The van der Waals surface area contributed by atoms with E-state index in [2.05, 4.69) is 27.4 Å². The lowest BCUT2D eigenvalue weighted by Gasteiger charge is -2.30. The lowest BCUT2D eigenvalue weighted by molar-refractivity contribution is -0.125. The largest absolute Gasteiger partial charge is 0.352 e. The number of alkyl halides is 1.